The van der Waals surface area contributed by atoms with Gasteiger partial charge in [0.05, 0.1) is 5.39 Å². The standard InChI is InChI=1S/C22H25ClN4OS/c1-15-16(2)29-22-20(15)21(27-12-10-26(11-13-27)19(28)14-23)24-18(25-22)9-8-17-6-4-3-5-7-17/h3-7H,8-14H2,1-2H3. The largest absolute Gasteiger partial charge is 0.352 e. The zero-order valence-corrected chi connectivity index (χ0v) is 18.4. The van der Waals surface area contributed by atoms with Crippen LogP contribution in [0.5, 0.6) is 0 Å². The summed E-state index contributed by atoms with van der Waals surface area (Å²) in [7, 11) is 0. The third kappa shape index (κ3) is 4.23. The number of nitrogens with zero attached hydrogens (tertiary/aromatic N) is 4. The van der Waals surface area contributed by atoms with Gasteiger partial charge >= 0.3 is 0 Å². The molecule has 1 fully saturated rings. The van der Waals surface area contributed by atoms with E-state index in [1.165, 1.54) is 16.0 Å². The number of rotatable bonds is 5. The van der Waals surface area contributed by atoms with E-state index in [9.17, 15) is 4.79 Å². The lowest BCUT2D eigenvalue weighted by Crippen LogP contribution is -2.49. The van der Waals surface area contributed by atoms with Gasteiger partial charge in [0, 0.05) is 37.5 Å². The van der Waals surface area contributed by atoms with E-state index in [0.717, 1.165) is 47.8 Å². The zero-order chi connectivity index (χ0) is 20.4. The Kier molecular flexibility index (Phi) is 6.01. The van der Waals surface area contributed by atoms with Gasteiger partial charge in [-0.3, -0.25) is 4.79 Å². The van der Waals surface area contributed by atoms with Crippen LogP contribution in [0.1, 0.15) is 21.8 Å². The molecule has 5 nitrogen and oxygen atoms in total. The van der Waals surface area contributed by atoms with Crippen molar-refractivity contribution in [2.24, 2.45) is 0 Å². The average molecular weight is 429 g/mol. The maximum atomic E-state index is 11.9. The monoisotopic (exact) mass is 428 g/mol. The molecule has 1 aromatic carbocycles. The number of hydrogen-bond donors (Lipinski definition) is 0. The molecule has 1 aliphatic rings. The molecule has 7 heteroatoms. The first-order valence-electron chi connectivity index (χ1n) is 9.96. The SMILES string of the molecule is Cc1sc2nc(CCc3ccccc3)nc(N3CCN(C(=O)CCl)CC3)c2c1C. The molecule has 0 bridgehead atoms. The van der Waals surface area contributed by atoms with Crippen molar-refractivity contribution in [1.82, 2.24) is 14.9 Å². The number of piperazine rings is 1. The van der Waals surface area contributed by atoms with E-state index in [0.29, 0.717) is 13.1 Å². The van der Waals surface area contributed by atoms with Crippen molar-refractivity contribution in [1.29, 1.82) is 0 Å². The third-order valence-electron chi connectivity index (χ3n) is 5.58. The number of carbonyl (C=O) groups excluding carboxylic acids is 1. The Balaban J connectivity index is 1.62. The van der Waals surface area contributed by atoms with Crippen LogP contribution in [-0.4, -0.2) is 52.8 Å². The number of fused-ring (bicyclic) bond motifs is 1. The molecule has 0 unspecified atom stereocenters. The molecule has 29 heavy (non-hydrogen) atoms. The first kappa shape index (κ1) is 20.1. The highest BCUT2D eigenvalue weighted by Crippen LogP contribution is 2.35. The highest BCUT2D eigenvalue weighted by molar-refractivity contribution is 7.18. The van der Waals surface area contributed by atoms with Crippen molar-refractivity contribution in [2.75, 3.05) is 37.0 Å². The molecule has 2 aromatic heterocycles. The second kappa shape index (κ2) is 8.67. The van der Waals surface area contributed by atoms with Gasteiger partial charge in [0.15, 0.2) is 0 Å². The molecule has 1 saturated heterocycles. The van der Waals surface area contributed by atoms with Gasteiger partial charge in [-0.2, -0.15) is 0 Å². The van der Waals surface area contributed by atoms with Crippen LogP contribution < -0.4 is 4.90 Å². The van der Waals surface area contributed by atoms with E-state index in [-0.39, 0.29) is 11.8 Å². The number of halogens is 1. The topological polar surface area (TPSA) is 49.3 Å². The summed E-state index contributed by atoms with van der Waals surface area (Å²) in [5.41, 5.74) is 2.55. The minimum absolute atomic E-state index is 0.00487. The van der Waals surface area contributed by atoms with Gasteiger partial charge in [-0.15, -0.1) is 22.9 Å². The number of aromatic nitrogens is 2. The van der Waals surface area contributed by atoms with Crippen LogP contribution in [0.2, 0.25) is 0 Å². The summed E-state index contributed by atoms with van der Waals surface area (Å²) in [5, 5.41) is 1.16. The predicted octanol–water partition coefficient (Wildman–Crippen LogP) is 3.98. The molecule has 152 valence electrons. The number of thiophene rings is 1. The van der Waals surface area contributed by atoms with Crippen LogP contribution in [0, 0.1) is 13.8 Å². The summed E-state index contributed by atoms with van der Waals surface area (Å²) in [6.45, 7) is 7.18. The first-order valence-corrected chi connectivity index (χ1v) is 11.3. The quantitative estimate of drug-likeness (QED) is 0.577. The van der Waals surface area contributed by atoms with Gasteiger partial charge in [-0.1, -0.05) is 30.3 Å². The van der Waals surface area contributed by atoms with Gasteiger partial charge in [-0.25, -0.2) is 9.97 Å². The molecule has 3 heterocycles. The van der Waals surface area contributed by atoms with E-state index in [4.69, 9.17) is 21.6 Å². The first-order chi connectivity index (χ1) is 14.1. The van der Waals surface area contributed by atoms with Gasteiger partial charge in [0.2, 0.25) is 5.91 Å². The lowest BCUT2D eigenvalue weighted by atomic mass is 10.1. The normalized spacial score (nSPS) is 14.6. The van der Waals surface area contributed by atoms with Gasteiger partial charge in [0.1, 0.15) is 22.4 Å². The van der Waals surface area contributed by atoms with Gasteiger partial charge in [-0.05, 0) is 31.4 Å². The van der Waals surface area contributed by atoms with Gasteiger partial charge < -0.3 is 9.80 Å². The summed E-state index contributed by atoms with van der Waals surface area (Å²) in [6, 6.07) is 10.5. The Hall–Kier alpha value is -2.18. The maximum absolute atomic E-state index is 11.9. The molecular weight excluding hydrogens is 404 g/mol. The second-order valence-corrected chi connectivity index (χ2v) is 8.88. The van der Waals surface area contributed by atoms with Crippen LogP contribution in [0.3, 0.4) is 0 Å². The molecule has 0 aliphatic carbocycles. The fourth-order valence-corrected chi connectivity index (χ4v) is 4.98. The minimum Gasteiger partial charge on any atom is -0.352 e. The van der Waals surface area contributed by atoms with Crippen LogP contribution in [0.4, 0.5) is 5.82 Å². The minimum atomic E-state index is 0.00487. The summed E-state index contributed by atoms with van der Waals surface area (Å²) in [5.74, 6) is 1.95. The zero-order valence-electron chi connectivity index (χ0n) is 16.8. The third-order valence-corrected chi connectivity index (χ3v) is 6.91. The van der Waals surface area contributed by atoms with E-state index >= 15 is 0 Å². The number of amides is 1. The average Bonchev–Trinajstić information content (AvgIpc) is 3.05. The molecule has 1 amide bonds. The van der Waals surface area contributed by atoms with Crippen LogP contribution >= 0.6 is 22.9 Å². The number of hydrogen-bond acceptors (Lipinski definition) is 5. The molecule has 0 atom stereocenters. The Bertz CT molecular complexity index is 1010. The van der Waals surface area contributed by atoms with E-state index in [1.807, 2.05) is 11.0 Å². The van der Waals surface area contributed by atoms with Crippen molar-refractivity contribution < 1.29 is 4.79 Å². The number of anilines is 1. The molecule has 1 aliphatic heterocycles. The molecule has 0 N–H and O–H groups in total. The molecule has 0 spiro atoms. The lowest BCUT2D eigenvalue weighted by molar-refractivity contribution is -0.128. The smallest absolute Gasteiger partial charge is 0.237 e. The van der Waals surface area contributed by atoms with Crippen LogP contribution in [0.15, 0.2) is 30.3 Å². The molecule has 0 saturated carbocycles. The van der Waals surface area contributed by atoms with Crippen molar-refractivity contribution in [3.05, 3.63) is 52.2 Å². The van der Waals surface area contributed by atoms with Crippen molar-refractivity contribution >= 4 is 44.9 Å². The van der Waals surface area contributed by atoms with Crippen LogP contribution in [-0.2, 0) is 17.6 Å². The van der Waals surface area contributed by atoms with Crippen LogP contribution in [0.25, 0.3) is 10.2 Å². The summed E-state index contributed by atoms with van der Waals surface area (Å²) in [6.07, 6.45) is 1.74. The van der Waals surface area contributed by atoms with E-state index < -0.39 is 0 Å². The molecule has 0 radical (unpaired) electrons. The fraction of sp³-hybridized carbons (Fsp3) is 0.409. The predicted molar refractivity (Wildman–Crippen MR) is 120 cm³/mol. The molecular formula is C22H25ClN4OS. The van der Waals surface area contributed by atoms with Crippen molar-refractivity contribution in [2.45, 2.75) is 26.7 Å². The number of carbonyl (C=O) groups is 1. The Morgan fingerprint density at radius 1 is 1.07 bits per heavy atom. The van der Waals surface area contributed by atoms with Crippen molar-refractivity contribution in [3.8, 4) is 0 Å². The summed E-state index contributed by atoms with van der Waals surface area (Å²) >= 11 is 7.46. The second-order valence-electron chi connectivity index (χ2n) is 7.41. The Labute approximate surface area is 180 Å². The van der Waals surface area contributed by atoms with E-state index in [2.05, 4.69) is 43.0 Å². The highest BCUT2D eigenvalue weighted by atomic mass is 35.5. The Morgan fingerprint density at radius 3 is 2.48 bits per heavy atom. The summed E-state index contributed by atoms with van der Waals surface area (Å²) in [4.78, 5) is 28.3. The maximum Gasteiger partial charge on any atom is 0.237 e. The summed E-state index contributed by atoms with van der Waals surface area (Å²) < 4.78 is 0. The number of benzene rings is 1. The van der Waals surface area contributed by atoms with Gasteiger partial charge in [0.25, 0.3) is 0 Å². The number of aryl methyl sites for hydroxylation is 4. The van der Waals surface area contributed by atoms with Crippen molar-refractivity contribution in [3.63, 3.8) is 0 Å². The molecule has 4 rings (SSSR count). The Morgan fingerprint density at radius 2 is 1.79 bits per heavy atom. The fourth-order valence-electron chi connectivity index (χ4n) is 3.77. The van der Waals surface area contributed by atoms with E-state index in [1.54, 1.807) is 11.3 Å². The molecule has 3 aromatic rings. The number of alkyl halides is 1. The lowest BCUT2D eigenvalue weighted by Gasteiger charge is -2.35. The highest BCUT2D eigenvalue weighted by Gasteiger charge is 2.25.